The molecule has 0 saturated carbocycles. The molecular formula is C18H21Cl2F2N3O3. The van der Waals surface area contributed by atoms with E-state index in [1.807, 2.05) is 0 Å². The maximum Gasteiger partial charge on any atom is 0.251 e. The van der Waals surface area contributed by atoms with E-state index in [9.17, 15) is 23.2 Å². The number of Topliss-reactive ketones (excluding diaryl/α,β-unsaturated/α-hetero) is 1. The molecule has 0 aliphatic carbocycles. The van der Waals surface area contributed by atoms with Gasteiger partial charge in [-0.1, -0.05) is 23.2 Å². The monoisotopic (exact) mass is 435 g/mol. The zero-order chi connectivity index (χ0) is 20.7. The van der Waals surface area contributed by atoms with Crippen LogP contribution in [0.25, 0.3) is 0 Å². The summed E-state index contributed by atoms with van der Waals surface area (Å²) in [6.07, 6.45) is 0.395. The van der Waals surface area contributed by atoms with Crippen LogP contribution in [0, 0.1) is 0 Å². The standard InChI is InChI=1S/C13H12Cl2N2O3.C5H9F2N/c14-10-2-1-8(5-11(10)15)13(20)16-6-12(19)17-4-3-9(18)7-17;6-5(7)1-3-8-4-2-5/h1-2,5H,3-4,6-7H2,(H,16,20);8H,1-4H2. The van der Waals surface area contributed by atoms with E-state index in [0.717, 1.165) is 0 Å². The molecule has 0 unspecified atom stereocenters. The quantitative estimate of drug-likeness (QED) is 0.764. The Bertz CT molecular complexity index is 739. The fourth-order valence-electron chi connectivity index (χ4n) is 2.64. The van der Waals surface area contributed by atoms with Gasteiger partial charge >= 0.3 is 0 Å². The molecule has 2 N–H and O–H groups in total. The first-order valence-corrected chi connectivity index (χ1v) is 9.55. The molecular weight excluding hydrogens is 415 g/mol. The molecule has 10 heteroatoms. The Hall–Kier alpha value is -1.77. The third kappa shape index (κ3) is 7.00. The Morgan fingerprint density at radius 1 is 1.18 bits per heavy atom. The molecule has 0 bridgehead atoms. The molecule has 3 rings (SSSR count). The summed E-state index contributed by atoms with van der Waals surface area (Å²) >= 11 is 11.6. The molecule has 2 aliphatic rings. The maximum atomic E-state index is 12.2. The van der Waals surface area contributed by atoms with Gasteiger partial charge in [0, 0.05) is 44.5 Å². The van der Waals surface area contributed by atoms with Crippen molar-refractivity contribution in [2.24, 2.45) is 0 Å². The number of nitrogens with zero attached hydrogens (tertiary/aromatic N) is 1. The largest absolute Gasteiger partial charge is 0.343 e. The Kier molecular flexibility index (Phi) is 8.15. The molecule has 0 radical (unpaired) electrons. The van der Waals surface area contributed by atoms with Gasteiger partial charge < -0.3 is 15.5 Å². The highest BCUT2D eigenvalue weighted by Crippen LogP contribution is 2.24. The second kappa shape index (κ2) is 10.1. The number of rotatable bonds is 3. The van der Waals surface area contributed by atoms with Crippen molar-refractivity contribution in [2.75, 3.05) is 32.7 Å². The fourth-order valence-corrected chi connectivity index (χ4v) is 2.94. The van der Waals surface area contributed by atoms with Gasteiger partial charge in [0.05, 0.1) is 23.1 Å². The van der Waals surface area contributed by atoms with E-state index in [1.165, 1.54) is 23.1 Å². The van der Waals surface area contributed by atoms with Crippen LogP contribution < -0.4 is 10.6 Å². The van der Waals surface area contributed by atoms with Gasteiger partial charge in [0.1, 0.15) is 0 Å². The number of piperidine rings is 1. The first kappa shape index (κ1) is 22.5. The predicted molar refractivity (Wildman–Crippen MR) is 102 cm³/mol. The van der Waals surface area contributed by atoms with Gasteiger partial charge in [-0.05, 0) is 18.2 Å². The number of hydrogen-bond acceptors (Lipinski definition) is 4. The normalized spacial score (nSPS) is 18.3. The van der Waals surface area contributed by atoms with Gasteiger partial charge in [-0.3, -0.25) is 14.4 Å². The lowest BCUT2D eigenvalue weighted by atomic mass is 10.1. The van der Waals surface area contributed by atoms with Crippen LogP contribution in [0.1, 0.15) is 29.6 Å². The molecule has 0 spiro atoms. The summed E-state index contributed by atoms with van der Waals surface area (Å²) in [5.41, 5.74) is 0.324. The number of benzene rings is 1. The van der Waals surface area contributed by atoms with Crippen LogP contribution in [-0.4, -0.2) is 61.1 Å². The zero-order valence-electron chi connectivity index (χ0n) is 15.1. The first-order valence-electron chi connectivity index (χ1n) is 8.79. The molecule has 1 aromatic carbocycles. The van der Waals surface area contributed by atoms with Crippen LogP contribution in [-0.2, 0) is 9.59 Å². The Balaban J connectivity index is 0.000000292. The summed E-state index contributed by atoms with van der Waals surface area (Å²) in [5.74, 6) is -3.04. The molecule has 2 aliphatic heterocycles. The van der Waals surface area contributed by atoms with Gasteiger partial charge in [0.25, 0.3) is 11.8 Å². The van der Waals surface area contributed by atoms with Crippen molar-refractivity contribution in [1.82, 2.24) is 15.5 Å². The minimum atomic E-state index is -2.38. The number of hydrogen-bond donors (Lipinski definition) is 2. The lowest BCUT2D eigenvalue weighted by Crippen LogP contribution is -2.39. The molecule has 2 heterocycles. The van der Waals surface area contributed by atoms with Crippen LogP contribution in [0.3, 0.4) is 0 Å². The number of likely N-dealkylation sites (tertiary alicyclic amines) is 1. The number of halogens is 4. The molecule has 1 aromatic rings. The van der Waals surface area contributed by atoms with Gasteiger partial charge in [-0.15, -0.1) is 0 Å². The Morgan fingerprint density at radius 2 is 1.86 bits per heavy atom. The molecule has 0 atom stereocenters. The van der Waals surface area contributed by atoms with Gasteiger partial charge in [0.2, 0.25) is 5.91 Å². The Labute approximate surface area is 171 Å². The molecule has 2 fully saturated rings. The van der Waals surface area contributed by atoms with Crippen LogP contribution in [0.15, 0.2) is 18.2 Å². The van der Waals surface area contributed by atoms with E-state index < -0.39 is 11.8 Å². The van der Waals surface area contributed by atoms with Crippen molar-refractivity contribution in [3.05, 3.63) is 33.8 Å². The number of nitrogens with one attached hydrogen (secondary N) is 2. The average Bonchev–Trinajstić information content (AvgIpc) is 3.08. The van der Waals surface area contributed by atoms with E-state index in [2.05, 4.69) is 10.6 Å². The SMILES string of the molecule is FC1(F)CCNCC1.O=C1CCN(C(=O)CNC(=O)c2ccc(Cl)c(Cl)c2)C1. The summed E-state index contributed by atoms with van der Waals surface area (Å²) in [6, 6.07) is 4.47. The highest BCUT2D eigenvalue weighted by Gasteiger charge is 2.30. The summed E-state index contributed by atoms with van der Waals surface area (Å²) in [7, 11) is 0. The average molecular weight is 436 g/mol. The third-order valence-electron chi connectivity index (χ3n) is 4.30. The molecule has 6 nitrogen and oxygen atoms in total. The molecule has 2 amide bonds. The van der Waals surface area contributed by atoms with Gasteiger partial charge in [0.15, 0.2) is 5.78 Å². The molecule has 154 valence electrons. The number of carbonyl (C=O) groups excluding carboxylic acids is 3. The van der Waals surface area contributed by atoms with Crippen molar-refractivity contribution in [3.63, 3.8) is 0 Å². The van der Waals surface area contributed by atoms with Crippen molar-refractivity contribution in [1.29, 1.82) is 0 Å². The van der Waals surface area contributed by atoms with Crippen LogP contribution in [0.5, 0.6) is 0 Å². The lowest BCUT2D eigenvalue weighted by Gasteiger charge is -2.21. The fraction of sp³-hybridized carbons (Fsp3) is 0.500. The molecule has 2 saturated heterocycles. The predicted octanol–water partition coefficient (Wildman–Crippen LogP) is 2.53. The second-order valence-electron chi connectivity index (χ2n) is 6.52. The van der Waals surface area contributed by atoms with E-state index in [4.69, 9.17) is 23.2 Å². The summed E-state index contributed by atoms with van der Waals surface area (Å²) in [4.78, 5) is 36.1. The number of amides is 2. The topological polar surface area (TPSA) is 78.5 Å². The third-order valence-corrected chi connectivity index (χ3v) is 5.04. The van der Waals surface area contributed by atoms with Gasteiger partial charge in [-0.25, -0.2) is 8.78 Å². The minimum Gasteiger partial charge on any atom is -0.343 e. The number of ketones is 1. The highest BCUT2D eigenvalue weighted by molar-refractivity contribution is 6.42. The van der Waals surface area contributed by atoms with Crippen LogP contribution in [0.2, 0.25) is 10.0 Å². The summed E-state index contributed by atoms with van der Waals surface area (Å²) in [6.45, 7) is 1.33. The van der Waals surface area contributed by atoms with E-state index in [-0.39, 0.29) is 42.6 Å². The van der Waals surface area contributed by atoms with Crippen molar-refractivity contribution in [2.45, 2.75) is 25.2 Å². The van der Waals surface area contributed by atoms with E-state index >= 15 is 0 Å². The molecule has 28 heavy (non-hydrogen) atoms. The summed E-state index contributed by atoms with van der Waals surface area (Å²) < 4.78 is 24.3. The van der Waals surface area contributed by atoms with E-state index in [0.29, 0.717) is 36.6 Å². The van der Waals surface area contributed by atoms with Crippen molar-refractivity contribution < 1.29 is 23.2 Å². The lowest BCUT2D eigenvalue weighted by molar-refractivity contribution is -0.130. The van der Waals surface area contributed by atoms with Crippen molar-refractivity contribution >= 4 is 40.8 Å². The second-order valence-corrected chi connectivity index (χ2v) is 7.34. The highest BCUT2D eigenvalue weighted by atomic mass is 35.5. The smallest absolute Gasteiger partial charge is 0.251 e. The summed E-state index contributed by atoms with van der Waals surface area (Å²) in [5, 5.41) is 5.98. The first-order chi connectivity index (χ1) is 13.2. The Morgan fingerprint density at radius 3 is 2.36 bits per heavy atom. The molecule has 0 aromatic heterocycles. The number of alkyl halides is 2. The number of carbonyl (C=O) groups is 3. The van der Waals surface area contributed by atoms with Crippen LogP contribution >= 0.6 is 23.2 Å². The van der Waals surface area contributed by atoms with Crippen molar-refractivity contribution in [3.8, 4) is 0 Å². The van der Waals surface area contributed by atoms with E-state index in [1.54, 1.807) is 0 Å². The minimum absolute atomic E-state index is 0.00694. The van der Waals surface area contributed by atoms with Gasteiger partial charge in [-0.2, -0.15) is 0 Å². The zero-order valence-corrected chi connectivity index (χ0v) is 16.6. The van der Waals surface area contributed by atoms with Crippen LogP contribution in [0.4, 0.5) is 8.78 Å². The maximum absolute atomic E-state index is 12.2.